The molecule has 0 bridgehead atoms. The Morgan fingerprint density at radius 3 is 2.20 bits per heavy atom. The Morgan fingerprint density at radius 2 is 1.70 bits per heavy atom. The third-order valence-electron chi connectivity index (χ3n) is 5.14. The number of urea groups is 1. The lowest BCUT2D eigenvalue weighted by Gasteiger charge is -2.40. The van der Waals surface area contributed by atoms with Gasteiger partial charge >= 0.3 is 6.03 Å². The lowest BCUT2D eigenvalue weighted by Crippen LogP contribution is -2.57. The molecule has 0 aromatic carbocycles. The Balaban J connectivity index is 1.65. The average molecular weight is 279 g/mol. The fraction of sp³-hybridized carbons (Fsp3) is 0.786. The summed E-state index contributed by atoms with van der Waals surface area (Å²) in [6.07, 6.45) is 5.19. The van der Waals surface area contributed by atoms with Crippen molar-refractivity contribution >= 4 is 17.8 Å². The fourth-order valence-electron chi connectivity index (χ4n) is 3.72. The number of carbonyl (C=O) groups is 3. The van der Waals surface area contributed by atoms with E-state index in [2.05, 4.69) is 17.6 Å². The van der Waals surface area contributed by atoms with E-state index in [9.17, 15) is 14.4 Å². The Morgan fingerprint density at radius 1 is 1.10 bits per heavy atom. The number of nitrogens with one attached hydrogen (secondary N) is 2. The molecule has 2 N–H and O–H groups in total. The summed E-state index contributed by atoms with van der Waals surface area (Å²) < 4.78 is 0. The van der Waals surface area contributed by atoms with E-state index in [1.807, 2.05) is 4.90 Å². The minimum atomic E-state index is -0.787. The third kappa shape index (κ3) is 1.98. The number of piperidine rings is 1. The molecule has 3 rings (SSSR count). The Kier molecular flexibility index (Phi) is 2.99. The summed E-state index contributed by atoms with van der Waals surface area (Å²) in [6.45, 7) is 3.14. The van der Waals surface area contributed by atoms with Crippen molar-refractivity contribution in [1.29, 1.82) is 0 Å². The first-order valence-corrected chi connectivity index (χ1v) is 7.38. The van der Waals surface area contributed by atoms with Gasteiger partial charge in [0.2, 0.25) is 5.91 Å². The maximum atomic E-state index is 12.6. The number of carbonyl (C=O) groups excluding carboxylic acids is 3. The lowest BCUT2D eigenvalue weighted by molar-refractivity contribution is -0.144. The van der Waals surface area contributed by atoms with Crippen molar-refractivity contribution in [1.82, 2.24) is 15.5 Å². The highest BCUT2D eigenvalue weighted by Gasteiger charge is 2.49. The molecule has 2 aliphatic heterocycles. The van der Waals surface area contributed by atoms with E-state index in [-0.39, 0.29) is 17.2 Å². The van der Waals surface area contributed by atoms with Gasteiger partial charge in [-0.15, -0.1) is 0 Å². The van der Waals surface area contributed by atoms with Crippen molar-refractivity contribution in [3.63, 3.8) is 0 Å². The molecule has 0 radical (unpaired) electrons. The zero-order valence-electron chi connectivity index (χ0n) is 11.8. The van der Waals surface area contributed by atoms with Gasteiger partial charge in [-0.3, -0.25) is 14.9 Å². The summed E-state index contributed by atoms with van der Waals surface area (Å²) in [5.41, 5.74) is -1.00. The zero-order valence-corrected chi connectivity index (χ0v) is 11.8. The van der Waals surface area contributed by atoms with E-state index in [0.29, 0.717) is 25.9 Å². The first-order valence-electron chi connectivity index (χ1n) is 7.38. The van der Waals surface area contributed by atoms with Crippen LogP contribution in [0.25, 0.3) is 0 Å². The lowest BCUT2D eigenvalue weighted by atomic mass is 9.83. The number of hydrogen-bond donors (Lipinski definition) is 2. The highest BCUT2D eigenvalue weighted by molar-refractivity contribution is 6.07. The minimum Gasteiger partial charge on any atom is -0.342 e. The molecule has 1 spiro atoms. The summed E-state index contributed by atoms with van der Waals surface area (Å²) in [7, 11) is 0. The third-order valence-corrected chi connectivity index (χ3v) is 5.14. The number of imide groups is 1. The van der Waals surface area contributed by atoms with Gasteiger partial charge in [0.25, 0.3) is 5.91 Å². The Labute approximate surface area is 118 Å². The maximum absolute atomic E-state index is 12.6. The van der Waals surface area contributed by atoms with Crippen LogP contribution in [0.3, 0.4) is 0 Å². The predicted octanol–water partition coefficient (Wildman–Crippen LogP) is 0.767. The van der Waals surface area contributed by atoms with E-state index >= 15 is 0 Å². The van der Waals surface area contributed by atoms with Gasteiger partial charge in [-0.2, -0.15) is 0 Å². The molecule has 1 aliphatic carbocycles. The van der Waals surface area contributed by atoms with Gasteiger partial charge in [-0.25, -0.2) is 4.79 Å². The van der Waals surface area contributed by atoms with Crippen molar-refractivity contribution in [3.8, 4) is 0 Å². The van der Waals surface area contributed by atoms with E-state index in [1.54, 1.807) is 0 Å². The molecule has 2 saturated heterocycles. The molecule has 4 amide bonds. The summed E-state index contributed by atoms with van der Waals surface area (Å²) in [6, 6.07) is -0.419. The highest BCUT2D eigenvalue weighted by atomic mass is 16.2. The molecule has 110 valence electrons. The summed E-state index contributed by atoms with van der Waals surface area (Å²) in [5, 5.41) is 5.01. The summed E-state index contributed by atoms with van der Waals surface area (Å²) >= 11 is 0. The molecular formula is C14H21N3O3. The molecule has 0 aromatic rings. The second-order valence-electron chi connectivity index (χ2n) is 6.55. The van der Waals surface area contributed by atoms with Crippen LogP contribution >= 0.6 is 0 Å². The number of rotatable bonds is 1. The van der Waals surface area contributed by atoms with Crippen molar-refractivity contribution in [2.24, 2.45) is 5.41 Å². The molecule has 3 fully saturated rings. The highest BCUT2D eigenvalue weighted by Crippen LogP contribution is 2.40. The normalized spacial score (nSPS) is 27.6. The van der Waals surface area contributed by atoms with Crippen LogP contribution in [0.5, 0.6) is 0 Å². The molecule has 0 aromatic heterocycles. The monoisotopic (exact) mass is 279 g/mol. The van der Waals surface area contributed by atoms with Crippen LogP contribution in [0.4, 0.5) is 4.79 Å². The molecule has 0 unspecified atom stereocenters. The Bertz CT molecular complexity index is 460. The maximum Gasteiger partial charge on any atom is 0.322 e. The second-order valence-corrected chi connectivity index (χ2v) is 6.55. The van der Waals surface area contributed by atoms with Crippen molar-refractivity contribution in [2.75, 3.05) is 13.1 Å². The largest absolute Gasteiger partial charge is 0.342 e. The van der Waals surface area contributed by atoms with Gasteiger partial charge in [0.15, 0.2) is 0 Å². The van der Waals surface area contributed by atoms with E-state index in [1.165, 1.54) is 0 Å². The van der Waals surface area contributed by atoms with Crippen LogP contribution in [0.2, 0.25) is 0 Å². The van der Waals surface area contributed by atoms with Crippen molar-refractivity contribution in [2.45, 2.75) is 51.0 Å². The smallest absolute Gasteiger partial charge is 0.322 e. The molecule has 1 saturated carbocycles. The average Bonchev–Trinajstić information content (AvgIpc) is 2.96. The summed E-state index contributed by atoms with van der Waals surface area (Å²) in [5.74, 6) is -0.0312. The quantitative estimate of drug-likeness (QED) is 0.696. The van der Waals surface area contributed by atoms with Gasteiger partial charge in [-0.05, 0) is 25.7 Å². The minimum absolute atomic E-state index is 0.217. The SMILES string of the molecule is CC1(C(=O)N2CCC3(CC2)NC(=O)NC3=O)CCCC1. The molecule has 2 heterocycles. The molecule has 6 nitrogen and oxygen atoms in total. The topological polar surface area (TPSA) is 78.5 Å². The second kappa shape index (κ2) is 4.46. The first kappa shape index (κ1) is 13.4. The first-order chi connectivity index (χ1) is 9.45. The standard InChI is InChI=1S/C14H21N3O3/c1-13(4-2-3-5-13)11(19)17-8-6-14(7-9-17)10(18)15-12(20)16-14/h2-9H2,1H3,(H2,15,16,18,20). The molecule has 3 aliphatic rings. The van der Waals surface area contributed by atoms with E-state index in [4.69, 9.17) is 0 Å². The molecule has 6 heteroatoms. The van der Waals surface area contributed by atoms with E-state index in [0.717, 1.165) is 25.7 Å². The van der Waals surface area contributed by atoms with Crippen molar-refractivity contribution < 1.29 is 14.4 Å². The van der Waals surface area contributed by atoms with Gasteiger partial charge < -0.3 is 10.2 Å². The van der Waals surface area contributed by atoms with Crippen LogP contribution < -0.4 is 10.6 Å². The van der Waals surface area contributed by atoms with Crippen molar-refractivity contribution in [3.05, 3.63) is 0 Å². The number of amides is 4. The van der Waals surface area contributed by atoms with Crippen LogP contribution in [0.15, 0.2) is 0 Å². The van der Waals surface area contributed by atoms with Gasteiger partial charge in [0.05, 0.1) is 0 Å². The number of likely N-dealkylation sites (tertiary alicyclic amines) is 1. The molecule has 0 atom stereocenters. The number of hydrogen-bond acceptors (Lipinski definition) is 3. The number of nitrogens with zero attached hydrogens (tertiary/aromatic N) is 1. The molecule has 20 heavy (non-hydrogen) atoms. The van der Waals surface area contributed by atoms with E-state index < -0.39 is 11.6 Å². The van der Waals surface area contributed by atoms with Gasteiger partial charge in [0.1, 0.15) is 5.54 Å². The van der Waals surface area contributed by atoms with Crippen LogP contribution in [0, 0.1) is 5.41 Å². The molecular weight excluding hydrogens is 258 g/mol. The van der Waals surface area contributed by atoms with Gasteiger partial charge in [-0.1, -0.05) is 19.8 Å². The fourth-order valence-corrected chi connectivity index (χ4v) is 3.72. The van der Waals surface area contributed by atoms with Crippen LogP contribution in [0.1, 0.15) is 45.4 Å². The van der Waals surface area contributed by atoms with Crippen LogP contribution in [-0.4, -0.2) is 41.4 Å². The zero-order chi connectivity index (χ0) is 14.4. The summed E-state index contributed by atoms with van der Waals surface area (Å²) in [4.78, 5) is 37.6. The van der Waals surface area contributed by atoms with Crippen LogP contribution in [-0.2, 0) is 9.59 Å². The predicted molar refractivity (Wildman–Crippen MR) is 71.8 cm³/mol. The van der Waals surface area contributed by atoms with Gasteiger partial charge in [0, 0.05) is 18.5 Å². The Hall–Kier alpha value is -1.59.